The fourth-order valence-corrected chi connectivity index (χ4v) is 2.40. The maximum atomic E-state index is 11.0. The molecule has 2 heterocycles. The summed E-state index contributed by atoms with van der Waals surface area (Å²) in [6.07, 6.45) is 1.15. The lowest BCUT2D eigenvalue weighted by Crippen LogP contribution is -2.37. The number of aliphatic carboxylic acids is 1. The first kappa shape index (κ1) is 17.2. The van der Waals surface area contributed by atoms with E-state index in [0.29, 0.717) is 50.3 Å². The zero-order valence-electron chi connectivity index (χ0n) is 13.5. The van der Waals surface area contributed by atoms with Gasteiger partial charge in [-0.15, -0.1) is 0 Å². The number of anilines is 3. The second-order valence-corrected chi connectivity index (χ2v) is 5.83. The number of hydrogen-bond donors (Lipinski definition) is 4. The van der Waals surface area contributed by atoms with Crippen LogP contribution in [0.15, 0.2) is 0 Å². The molecule has 0 unspecified atom stereocenters. The molecular formula is C14H24N6O3. The number of aliphatic hydroxyl groups is 1. The van der Waals surface area contributed by atoms with Gasteiger partial charge in [-0.1, -0.05) is 0 Å². The lowest BCUT2D eigenvalue weighted by Gasteiger charge is -2.30. The van der Waals surface area contributed by atoms with Crippen molar-refractivity contribution >= 4 is 23.8 Å². The van der Waals surface area contributed by atoms with Gasteiger partial charge >= 0.3 is 5.97 Å². The van der Waals surface area contributed by atoms with E-state index in [1.54, 1.807) is 0 Å². The fraction of sp³-hybridized carbons (Fsp3) is 0.714. The zero-order valence-corrected chi connectivity index (χ0v) is 13.5. The van der Waals surface area contributed by atoms with E-state index >= 15 is 0 Å². The fourth-order valence-electron chi connectivity index (χ4n) is 2.40. The first-order valence-electron chi connectivity index (χ1n) is 7.84. The highest BCUT2D eigenvalue weighted by Gasteiger charge is 2.26. The van der Waals surface area contributed by atoms with Gasteiger partial charge in [0.15, 0.2) is 0 Å². The molecule has 23 heavy (non-hydrogen) atoms. The molecule has 0 bridgehead atoms. The van der Waals surface area contributed by atoms with Gasteiger partial charge in [-0.25, -0.2) is 0 Å². The Labute approximate surface area is 135 Å². The van der Waals surface area contributed by atoms with Gasteiger partial charge in [-0.2, -0.15) is 15.0 Å². The zero-order chi connectivity index (χ0) is 16.8. The number of rotatable bonds is 7. The van der Waals surface area contributed by atoms with E-state index in [1.165, 1.54) is 0 Å². The quantitative estimate of drug-likeness (QED) is 0.564. The van der Waals surface area contributed by atoms with E-state index in [1.807, 2.05) is 18.7 Å². The molecule has 0 radical (unpaired) electrons. The molecule has 2 rings (SSSR count). The summed E-state index contributed by atoms with van der Waals surface area (Å²) in [5.74, 6) is 0.340. The summed E-state index contributed by atoms with van der Waals surface area (Å²) < 4.78 is 0. The Morgan fingerprint density at radius 2 is 1.91 bits per heavy atom. The number of piperidine rings is 1. The molecule has 1 fully saturated rings. The van der Waals surface area contributed by atoms with Gasteiger partial charge in [-0.3, -0.25) is 4.79 Å². The smallest absolute Gasteiger partial charge is 0.306 e. The van der Waals surface area contributed by atoms with Gasteiger partial charge in [0.1, 0.15) is 0 Å². The van der Waals surface area contributed by atoms with E-state index < -0.39 is 5.97 Å². The normalized spacial score (nSPS) is 15.7. The van der Waals surface area contributed by atoms with E-state index in [9.17, 15) is 4.79 Å². The highest BCUT2D eigenvalue weighted by molar-refractivity contribution is 5.70. The lowest BCUT2D eigenvalue weighted by atomic mass is 9.97. The first-order chi connectivity index (χ1) is 11.0. The van der Waals surface area contributed by atoms with Crippen LogP contribution in [0, 0.1) is 5.92 Å². The number of aliphatic hydroxyl groups excluding tert-OH is 1. The molecular weight excluding hydrogens is 300 g/mol. The molecule has 0 atom stereocenters. The molecule has 9 heteroatoms. The van der Waals surface area contributed by atoms with Gasteiger partial charge in [0.05, 0.1) is 12.5 Å². The average molecular weight is 324 g/mol. The predicted octanol–water partition coefficient (Wildman–Crippen LogP) is 0.397. The van der Waals surface area contributed by atoms with Gasteiger partial charge in [0, 0.05) is 25.7 Å². The summed E-state index contributed by atoms with van der Waals surface area (Å²) in [5, 5.41) is 24.1. The van der Waals surface area contributed by atoms with Crippen LogP contribution >= 0.6 is 0 Å². The monoisotopic (exact) mass is 324 g/mol. The third-order valence-electron chi connectivity index (χ3n) is 3.56. The number of carbonyl (C=O) groups is 1. The molecule has 1 aromatic heterocycles. The Hall–Kier alpha value is -2.16. The van der Waals surface area contributed by atoms with E-state index in [2.05, 4.69) is 25.6 Å². The topological polar surface area (TPSA) is 124 Å². The third-order valence-corrected chi connectivity index (χ3v) is 3.56. The molecule has 0 aliphatic carbocycles. The van der Waals surface area contributed by atoms with Crippen LogP contribution in [0.25, 0.3) is 0 Å². The second-order valence-electron chi connectivity index (χ2n) is 5.83. The maximum absolute atomic E-state index is 11.0. The molecule has 1 aromatic rings. The standard InChI is InChI=1S/C14H24N6O3/c1-9(2)16-13-17-12(15-5-8-21)18-14(19-13)20-6-3-10(4-7-20)11(22)23/h9-10,21H,3-8H2,1-2H3,(H,22,23)(H2,15,16,17,18,19). The van der Waals surface area contributed by atoms with Crippen molar-refractivity contribution < 1.29 is 15.0 Å². The van der Waals surface area contributed by atoms with E-state index in [4.69, 9.17) is 10.2 Å². The molecule has 4 N–H and O–H groups in total. The Morgan fingerprint density at radius 1 is 1.26 bits per heavy atom. The molecule has 0 amide bonds. The Bertz CT molecular complexity index is 531. The number of carboxylic acid groups (broad SMARTS) is 1. The summed E-state index contributed by atoms with van der Waals surface area (Å²) >= 11 is 0. The summed E-state index contributed by atoms with van der Waals surface area (Å²) in [4.78, 5) is 26.1. The Kier molecular flexibility index (Phi) is 5.91. The molecule has 0 saturated carbocycles. The van der Waals surface area contributed by atoms with Gasteiger partial charge in [0.2, 0.25) is 17.8 Å². The number of nitrogens with one attached hydrogen (secondary N) is 2. The molecule has 1 saturated heterocycles. The van der Waals surface area contributed by atoms with Crippen molar-refractivity contribution in [2.75, 3.05) is 41.8 Å². The number of aromatic nitrogens is 3. The summed E-state index contributed by atoms with van der Waals surface area (Å²) in [5.41, 5.74) is 0. The van der Waals surface area contributed by atoms with Crippen molar-refractivity contribution in [3.05, 3.63) is 0 Å². The largest absolute Gasteiger partial charge is 0.481 e. The average Bonchev–Trinajstić information content (AvgIpc) is 2.52. The van der Waals surface area contributed by atoms with Gasteiger partial charge < -0.3 is 25.7 Å². The highest BCUT2D eigenvalue weighted by atomic mass is 16.4. The molecule has 0 spiro atoms. The minimum absolute atomic E-state index is 0.0159. The van der Waals surface area contributed by atoms with E-state index in [-0.39, 0.29) is 18.6 Å². The van der Waals surface area contributed by atoms with Gasteiger partial charge in [-0.05, 0) is 26.7 Å². The number of hydrogen-bond acceptors (Lipinski definition) is 8. The second kappa shape index (κ2) is 7.91. The minimum Gasteiger partial charge on any atom is -0.481 e. The SMILES string of the molecule is CC(C)Nc1nc(NCCO)nc(N2CCC(C(=O)O)CC2)n1. The Morgan fingerprint density at radius 3 is 2.48 bits per heavy atom. The maximum Gasteiger partial charge on any atom is 0.306 e. The van der Waals surface area contributed by atoms with Crippen LogP contribution in [0.1, 0.15) is 26.7 Å². The van der Waals surface area contributed by atoms with Crippen LogP contribution in [-0.4, -0.2) is 63.4 Å². The van der Waals surface area contributed by atoms with Crippen molar-refractivity contribution in [3.63, 3.8) is 0 Å². The van der Waals surface area contributed by atoms with Crippen LogP contribution < -0.4 is 15.5 Å². The minimum atomic E-state index is -0.743. The summed E-state index contributed by atoms with van der Waals surface area (Å²) in [7, 11) is 0. The van der Waals surface area contributed by atoms with Crippen molar-refractivity contribution in [2.24, 2.45) is 5.92 Å². The van der Waals surface area contributed by atoms with E-state index in [0.717, 1.165) is 0 Å². The van der Waals surface area contributed by atoms with Crippen molar-refractivity contribution in [1.82, 2.24) is 15.0 Å². The molecule has 1 aliphatic heterocycles. The molecule has 128 valence electrons. The number of nitrogens with zero attached hydrogens (tertiary/aromatic N) is 4. The predicted molar refractivity (Wildman–Crippen MR) is 86.7 cm³/mol. The van der Waals surface area contributed by atoms with Crippen molar-refractivity contribution in [1.29, 1.82) is 0 Å². The van der Waals surface area contributed by atoms with Crippen molar-refractivity contribution in [2.45, 2.75) is 32.7 Å². The van der Waals surface area contributed by atoms with Crippen molar-refractivity contribution in [3.8, 4) is 0 Å². The van der Waals surface area contributed by atoms with Crippen LogP contribution in [0.4, 0.5) is 17.8 Å². The molecule has 0 aromatic carbocycles. The summed E-state index contributed by atoms with van der Waals surface area (Å²) in [6.45, 7) is 5.51. The third kappa shape index (κ3) is 4.92. The first-order valence-corrected chi connectivity index (χ1v) is 7.84. The lowest BCUT2D eigenvalue weighted by molar-refractivity contribution is -0.142. The Balaban J connectivity index is 2.14. The van der Waals surface area contributed by atoms with Crippen LogP contribution in [0.2, 0.25) is 0 Å². The summed E-state index contributed by atoms with van der Waals surface area (Å²) in [6, 6.07) is 0.175. The molecule has 1 aliphatic rings. The van der Waals surface area contributed by atoms with Crippen LogP contribution in [0.5, 0.6) is 0 Å². The van der Waals surface area contributed by atoms with Crippen LogP contribution in [0.3, 0.4) is 0 Å². The molecule has 9 nitrogen and oxygen atoms in total. The van der Waals surface area contributed by atoms with Gasteiger partial charge in [0.25, 0.3) is 0 Å². The highest BCUT2D eigenvalue weighted by Crippen LogP contribution is 2.22. The van der Waals surface area contributed by atoms with Crippen LogP contribution in [-0.2, 0) is 4.79 Å². The number of carboxylic acids is 1.